The number of hydrogen-bond donors (Lipinski definition) is 3. The Balaban J connectivity index is 1.97. The maximum atomic E-state index is 10.6. The minimum absolute atomic E-state index is 0.0965. The predicted molar refractivity (Wildman–Crippen MR) is 115 cm³/mol. The second kappa shape index (κ2) is 9.62. The van der Waals surface area contributed by atoms with Crippen molar-refractivity contribution in [3.05, 3.63) is 35.4 Å². The Kier molecular flexibility index (Phi) is 6.95. The first kappa shape index (κ1) is 20.9. The molecule has 0 bridgehead atoms. The van der Waals surface area contributed by atoms with Crippen molar-refractivity contribution in [2.75, 3.05) is 25.4 Å². The first-order valence-corrected chi connectivity index (χ1v) is 10.4. The maximum absolute atomic E-state index is 10.6. The van der Waals surface area contributed by atoms with Crippen molar-refractivity contribution in [3.8, 4) is 28.8 Å². The zero-order valence-electron chi connectivity index (χ0n) is 17.2. The summed E-state index contributed by atoms with van der Waals surface area (Å²) in [5.74, 6) is 1.75. The molecule has 2 heterocycles. The standard InChI is InChI=1S/C23H30N4O2/c1-15(2)5-4-12-29-21-7-3-6-20(28)22(21)19-13-17(16-8-10-26-11-9-16)18(14-24)23(25)27-19/h3,6-7,13,15-16,26,28H,4-5,8-12H2,1-2H3,(H2,25,27). The highest BCUT2D eigenvalue weighted by atomic mass is 16.5. The minimum atomic E-state index is 0.0965. The molecular formula is C23H30N4O2. The number of nitrogen functional groups attached to an aromatic ring is 1. The molecule has 1 aromatic heterocycles. The third-order valence-corrected chi connectivity index (χ3v) is 5.41. The van der Waals surface area contributed by atoms with Crippen LogP contribution in [0.2, 0.25) is 0 Å². The molecule has 1 aliphatic heterocycles. The van der Waals surface area contributed by atoms with Crippen molar-refractivity contribution in [2.24, 2.45) is 5.92 Å². The Labute approximate surface area is 172 Å². The van der Waals surface area contributed by atoms with Gasteiger partial charge < -0.3 is 20.9 Å². The van der Waals surface area contributed by atoms with Gasteiger partial charge in [0.1, 0.15) is 23.4 Å². The summed E-state index contributed by atoms with van der Waals surface area (Å²) >= 11 is 0. The normalized spacial score (nSPS) is 14.7. The fourth-order valence-corrected chi connectivity index (χ4v) is 3.86. The van der Waals surface area contributed by atoms with Crippen LogP contribution in [0.5, 0.6) is 11.5 Å². The van der Waals surface area contributed by atoms with Crippen LogP contribution in [0.4, 0.5) is 5.82 Å². The number of piperidine rings is 1. The number of hydrogen-bond acceptors (Lipinski definition) is 6. The number of nitrogens with zero attached hydrogens (tertiary/aromatic N) is 2. The van der Waals surface area contributed by atoms with Gasteiger partial charge in [0.2, 0.25) is 0 Å². The summed E-state index contributed by atoms with van der Waals surface area (Å²) < 4.78 is 5.99. The highest BCUT2D eigenvalue weighted by Gasteiger charge is 2.23. The summed E-state index contributed by atoms with van der Waals surface area (Å²) in [6.45, 7) is 6.76. The highest BCUT2D eigenvalue weighted by molar-refractivity contribution is 5.76. The van der Waals surface area contributed by atoms with Crippen LogP contribution in [0.3, 0.4) is 0 Å². The Morgan fingerprint density at radius 1 is 1.34 bits per heavy atom. The fraction of sp³-hybridized carbons (Fsp3) is 0.478. The largest absolute Gasteiger partial charge is 0.507 e. The van der Waals surface area contributed by atoms with Gasteiger partial charge in [0.05, 0.1) is 23.4 Å². The number of nitrogens with one attached hydrogen (secondary N) is 1. The van der Waals surface area contributed by atoms with Crippen LogP contribution in [0.15, 0.2) is 24.3 Å². The van der Waals surface area contributed by atoms with Crippen LogP contribution in [-0.2, 0) is 0 Å². The number of nitrogens with two attached hydrogens (primary N) is 1. The second-order valence-corrected chi connectivity index (χ2v) is 8.03. The van der Waals surface area contributed by atoms with Crippen LogP contribution in [-0.4, -0.2) is 29.8 Å². The predicted octanol–water partition coefficient (Wildman–Crippen LogP) is 4.19. The highest BCUT2D eigenvalue weighted by Crippen LogP contribution is 2.40. The van der Waals surface area contributed by atoms with Gasteiger partial charge in [-0.25, -0.2) is 4.98 Å². The molecular weight excluding hydrogens is 364 g/mol. The fourth-order valence-electron chi connectivity index (χ4n) is 3.86. The molecule has 1 aliphatic rings. The Hall–Kier alpha value is -2.78. The number of phenolic OH excluding ortho intramolecular Hbond substituents is 1. The molecule has 0 spiro atoms. The lowest BCUT2D eigenvalue weighted by Gasteiger charge is -2.25. The average molecular weight is 395 g/mol. The molecule has 2 aromatic rings. The average Bonchev–Trinajstić information content (AvgIpc) is 2.71. The van der Waals surface area contributed by atoms with E-state index in [1.54, 1.807) is 12.1 Å². The zero-order chi connectivity index (χ0) is 20.8. The SMILES string of the molecule is CC(C)CCCOc1cccc(O)c1-c1cc(C2CCNCC2)c(C#N)c(N)n1. The summed E-state index contributed by atoms with van der Waals surface area (Å²) in [5, 5.41) is 23.5. The molecule has 29 heavy (non-hydrogen) atoms. The zero-order valence-corrected chi connectivity index (χ0v) is 17.2. The molecule has 1 saturated heterocycles. The molecule has 6 heteroatoms. The summed E-state index contributed by atoms with van der Waals surface area (Å²) in [4.78, 5) is 4.45. The van der Waals surface area contributed by atoms with Gasteiger partial charge in [-0.05, 0) is 74.4 Å². The molecule has 154 valence electrons. The number of phenols is 1. The lowest BCUT2D eigenvalue weighted by Crippen LogP contribution is -2.27. The van der Waals surface area contributed by atoms with E-state index in [9.17, 15) is 10.4 Å². The number of aromatic hydroxyl groups is 1. The van der Waals surface area contributed by atoms with Crippen LogP contribution in [0, 0.1) is 17.2 Å². The van der Waals surface area contributed by atoms with E-state index in [1.165, 1.54) is 0 Å². The van der Waals surface area contributed by atoms with Crippen LogP contribution >= 0.6 is 0 Å². The lowest BCUT2D eigenvalue weighted by molar-refractivity contribution is 0.297. The van der Waals surface area contributed by atoms with Crippen molar-refractivity contribution >= 4 is 5.82 Å². The Morgan fingerprint density at radius 2 is 2.10 bits per heavy atom. The Morgan fingerprint density at radius 3 is 2.79 bits per heavy atom. The topological polar surface area (TPSA) is 104 Å². The number of nitriles is 1. The number of rotatable bonds is 7. The second-order valence-electron chi connectivity index (χ2n) is 8.03. The molecule has 3 rings (SSSR count). The van der Waals surface area contributed by atoms with E-state index in [2.05, 4.69) is 30.2 Å². The monoisotopic (exact) mass is 394 g/mol. The van der Waals surface area contributed by atoms with Gasteiger partial charge in [-0.3, -0.25) is 0 Å². The lowest BCUT2D eigenvalue weighted by atomic mass is 9.86. The van der Waals surface area contributed by atoms with Crippen molar-refractivity contribution < 1.29 is 9.84 Å². The first-order valence-electron chi connectivity index (χ1n) is 10.4. The molecule has 1 aromatic carbocycles. The number of anilines is 1. The molecule has 1 fully saturated rings. The molecule has 6 nitrogen and oxygen atoms in total. The van der Waals surface area contributed by atoms with Gasteiger partial charge >= 0.3 is 0 Å². The molecule has 0 aliphatic carbocycles. The van der Waals surface area contributed by atoms with E-state index in [-0.39, 0.29) is 17.5 Å². The van der Waals surface area contributed by atoms with E-state index >= 15 is 0 Å². The Bertz CT molecular complexity index is 883. The summed E-state index contributed by atoms with van der Waals surface area (Å²) in [6, 6.07) is 9.34. The van der Waals surface area contributed by atoms with E-state index in [1.807, 2.05) is 12.1 Å². The number of ether oxygens (including phenoxy) is 1. The van der Waals surface area contributed by atoms with Gasteiger partial charge in [0.15, 0.2) is 0 Å². The van der Waals surface area contributed by atoms with Crippen LogP contribution in [0.25, 0.3) is 11.3 Å². The molecule has 0 unspecified atom stereocenters. The maximum Gasteiger partial charge on any atom is 0.142 e. The minimum Gasteiger partial charge on any atom is -0.507 e. The number of aromatic nitrogens is 1. The van der Waals surface area contributed by atoms with E-state index < -0.39 is 0 Å². The van der Waals surface area contributed by atoms with Crippen molar-refractivity contribution in [1.82, 2.24) is 10.3 Å². The van der Waals surface area contributed by atoms with Gasteiger partial charge in [0, 0.05) is 0 Å². The summed E-state index contributed by atoms with van der Waals surface area (Å²) in [5.41, 5.74) is 8.59. The third kappa shape index (κ3) is 4.99. The van der Waals surface area contributed by atoms with Gasteiger partial charge in [-0.1, -0.05) is 19.9 Å². The summed E-state index contributed by atoms with van der Waals surface area (Å²) in [6.07, 6.45) is 3.90. The van der Waals surface area contributed by atoms with Crippen molar-refractivity contribution in [1.29, 1.82) is 5.26 Å². The molecule has 4 N–H and O–H groups in total. The quantitative estimate of drug-likeness (QED) is 0.608. The molecule has 0 amide bonds. The van der Waals surface area contributed by atoms with E-state index in [0.717, 1.165) is 44.3 Å². The summed E-state index contributed by atoms with van der Waals surface area (Å²) in [7, 11) is 0. The van der Waals surface area contributed by atoms with Gasteiger partial charge in [-0.15, -0.1) is 0 Å². The molecule has 0 radical (unpaired) electrons. The third-order valence-electron chi connectivity index (χ3n) is 5.41. The van der Waals surface area contributed by atoms with E-state index in [0.29, 0.717) is 35.1 Å². The van der Waals surface area contributed by atoms with Crippen molar-refractivity contribution in [2.45, 2.75) is 45.4 Å². The van der Waals surface area contributed by atoms with Crippen LogP contribution < -0.4 is 15.8 Å². The smallest absolute Gasteiger partial charge is 0.142 e. The van der Waals surface area contributed by atoms with Crippen LogP contribution in [0.1, 0.15) is 56.6 Å². The number of pyridine rings is 1. The molecule has 0 saturated carbocycles. The van der Waals surface area contributed by atoms with Gasteiger partial charge in [-0.2, -0.15) is 5.26 Å². The van der Waals surface area contributed by atoms with E-state index in [4.69, 9.17) is 10.5 Å². The first-order chi connectivity index (χ1) is 14.0. The molecule has 0 atom stereocenters. The number of benzene rings is 1. The van der Waals surface area contributed by atoms with Gasteiger partial charge in [0.25, 0.3) is 0 Å². The van der Waals surface area contributed by atoms with Crippen molar-refractivity contribution in [3.63, 3.8) is 0 Å².